The first kappa shape index (κ1) is 18.8. The van der Waals surface area contributed by atoms with E-state index in [1.165, 1.54) is 5.56 Å². The number of carbonyl (C=O) groups excluding carboxylic acids is 1. The molecule has 1 heterocycles. The molecule has 1 amide bonds. The number of aryl methyl sites for hydroxylation is 3. The number of benzene rings is 2. The topological polar surface area (TPSA) is 51.5 Å². The average Bonchev–Trinajstić information content (AvgIpc) is 2.94. The molecule has 0 saturated heterocycles. The van der Waals surface area contributed by atoms with Crippen molar-refractivity contribution in [3.8, 4) is 5.75 Å². The summed E-state index contributed by atoms with van der Waals surface area (Å²) < 4.78 is 11.3. The molecule has 4 nitrogen and oxygen atoms in total. The van der Waals surface area contributed by atoms with Crippen LogP contribution < -0.4 is 10.1 Å². The number of amides is 1. The van der Waals surface area contributed by atoms with Gasteiger partial charge < -0.3 is 14.5 Å². The van der Waals surface area contributed by atoms with Crippen molar-refractivity contribution in [3.63, 3.8) is 0 Å². The van der Waals surface area contributed by atoms with Gasteiger partial charge in [-0.1, -0.05) is 19.1 Å². The summed E-state index contributed by atoms with van der Waals surface area (Å²) >= 11 is 0. The third kappa shape index (κ3) is 3.90. The lowest BCUT2D eigenvalue weighted by Gasteiger charge is -2.10. The van der Waals surface area contributed by atoms with Gasteiger partial charge in [-0.15, -0.1) is 0 Å². The van der Waals surface area contributed by atoms with E-state index in [1.54, 1.807) is 13.2 Å². The van der Waals surface area contributed by atoms with Gasteiger partial charge in [-0.05, 0) is 62.1 Å². The van der Waals surface area contributed by atoms with Crippen molar-refractivity contribution in [2.45, 2.75) is 34.1 Å². The van der Waals surface area contributed by atoms with Gasteiger partial charge in [0.15, 0.2) is 0 Å². The van der Waals surface area contributed by atoms with Gasteiger partial charge in [0.2, 0.25) is 5.91 Å². The molecule has 1 aromatic heterocycles. The molecule has 0 aliphatic rings. The molecule has 0 spiro atoms. The fourth-order valence-electron chi connectivity index (χ4n) is 3.12. The fraction of sp³-hybridized carbons (Fsp3) is 0.261. The molecule has 3 aromatic rings. The molecule has 2 aromatic carbocycles. The number of methoxy groups -OCH3 is 1. The Hall–Kier alpha value is -3.01. The van der Waals surface area contributed by atoms with Crippen LogP contribution in [0.15, 0.2) is 46.9 Å². The van der Waals surface area contributed by atoms with Gasteiger partial charge in [0.25, 0.3) is 0 Å². The molecule has 0 fully saturated rings. The Morgan fingerprint density at radius 2 is 1.89 bits per heavy atom. The zero-order valence-electron chi connectivity index (χ0n) is 16.5. The van der Waals surface area contributed by atoms with Crippen LogP contribution in [0.3, 0.4) is 0 Å². The standard InChI is InChI=1S/C23H25NO3/c1-6-17-7-9-18(10-8-17)24-23(25)11-14(2)19-12-20-15(3)16(4)27-22(20)13-21(19)26-5/h7-13H,6H2,1-5H3,(H,24,25)/b14-11+. The summed E-state index contributed by atoms with van der Waals surface area (Å²) in [6, 6.07) is 11.8. The van der Waals surface area contributed by atoms with Crippen molar-refractivity contribution in [2.24, 2.45) is 0 Å². The number of fused-ring (bicyclic) bond motifs is 1. The molecule has 1 N–H and O–H groups in total. The highest BCUT2D eigenvalue weighted by atomic mass is 16.5. The van der Waals surface area contributed by atoms with Gasteiger partial charge in [0.05, 0.1) is 7.11 Å². The van der Waals surface area contributed by atoms with Gasteiger partial charge >= 0.3 is 0 Å². The Balaban J connectivity index is 1.89. The summed E-state index contributed by atoms with van der Waals surface area (Å²) in [7, 11) is 1.62. The van der Waals surface area contributed by atoms with E-state index in [-0.39, 0.29) is 5.91 Å². The van der Waals surface area contributed by atoms with Gasteiger partial charge in [0.1, 0.15) is 17.1 Å². The second kappa shape index (κ2) is 7.70. The molecular weight excluding hydrogens is 338 g/mol. The van der Waals surface area contributed by atoms with Crippen LogP contribution in [0, 0.1) is 13.8 Å². The predicted molar refractivity (Wildman–Crippen MR) is 110 cm³/mol. The van der Waals surface area contributed by atoms with E-state index in [4.69, 9.17) is 9.15 Å². The van der Waals surface area contributed by atoms with E-state index in [0.29, 0.717) is 5.75 Å². The van der Waals surface area contributed by atoms with Gasteiger partial charge in [-0.25, -0.2) is 0 Å². The first-order valence-corrected chi connectivity index (χ1v) is 9.09. The second-order valence-electron chi connectivity index (χ2n) is 6.70. The molecule has 3 rings (SSSR count). The monoisotopic (exact) mass is 363 g/mol. The minimum Gasteiger partial charge on any atom is -0.496 e. The molecule has 0 saturated carbocycles. The van der Waals surface area contributed by atoms with Crippen molar-refractivity contribution in [1.29, 1.82) is 0 Å². The summed E-state index contributed by atoms with van der Waals surface area (Å²) in [4.78, 5) is 12.4. The first-order chi connectivity index (χ1) is 12.9. The Morgan fingerprint density at radius 1 is 1.19 bits per heavy atom. The van der Waals surface area contributed by atoms with E-state index < -0.39 is 0 Å². The summed E-state index contributed by atoms with van der Waals surface area (Å²) in [5, 5.41) is 3.94. The van der Waals surface area contributed by atoms with Crippen molar-refractivity contribution in [3.05, 3.63) is 64.9 Å². The van der Waals surface area contributed by atoms with Crippen molar-refractivity contribution < 1.29 is 13.9 Å². The molecule has 27 heavy (non-hydrogen) atoms. The Labute approximate surface area is 159 Å². The van der Waals surface area contributed by atoms with Crippen LogP contribution in [0.5, 0.6) is 5.75 Å². The van der Waals surface area contributed by atoms with Gasteiger partial charge in [-0.2, -0.15) is 0 Å². The minimum absolute atomic E-state index is 0.168. The summed E-state index contributed by atoms with van der Waals surface area (Å²) in [5.74, 6) is 1.41. The van der Waals surface area contributed by atoms with Crippen LogP contribution in [0.4, 0.5) is 5.69 Å². The summed E-state index contributed by atoms with van der Waals surface area (Å²) in [5.41, 5.74) is 5.62. The molecule has 0 unspecified atom stereocenters. The lowest BCUT2D eigenvalue weighted by molar-refractivity contribution is -0.111. The highest BCUT2D eigenvalue weighted by Crippen LogP contribution is 2.34. The number of hydrogen-bond acceptors (Lipinski definition) is 3. The number of hydrogen-bond donors (Lipinski definition) is 1. The number of ether oxygens (including phenoxy) is 1. The SMILES string of the molecule is CCc1ccc(NC(=O)/C=C(\C)c2cc3c(C)c(C)oc3cc2OC)cc1. The van der Waals surface area contributed by atoms with Crippen molar-refractivity contribution >= 4 is 28.1 Å². The molecule has 0 aliphatic heterocycles. The maximum atomic E-state index is 12.4. The fourth-order valence-corrected chi connectivity index (χ4v) is 3.12. The largest absolute Gasteiger partial charge is 0.496 e. The van der Waals surface area contributed by atoms with Crippen LogP contribution >= 0.6 is 0 Å². The van der Waals surface area contributed by atoms with E-state index in [2.05, 4.69) is 12.2 Å². The van der Waals surface area contributed by atoms with Crippen LogP contribution in [0.1, 0.15) is 36.3 Å². The molecule has 0 radical (unpaired) electrons. The summed E-state index contributed by atoms with van der Waals surface area (Å²) in [6.45, 7) is 7.99. The number of anilines is 1. The van der Waals surface area contributed by atoms with E-state index in [9.17, 15) is 4.79 Å². The Morgan fingerprint density at radius 3 is 2.52 bits per heavy atom. The van der Waals surface area contributed by atoms with Crippen LogP contribution in [-0.4, -0.2) is 13.0 Å². The number of carbonyl (C=O) groups is 1. The third-order valence-corrected chi connectivity index (χ3v) is 4.90. The molecule has 0 aliphatic carbocycles. The molecule has 140 valence electrons. The summed E-state index contributed by atoms with van der Waals surface area (Å²) in [6.07, 6.45) is 2.57. The lowest BCUT2D eigenvalue weighted by atomic mass is 10.0. The van der Waals surface area contributed by atoms with Gasteiger partial charge in [-0.3, -0.25) is 4.79 Å². The quantitative estimate of drug-likeness (QED) is 0.595. The van der Waals surface area contributed by atoms with Crippen molar-refractivity contribution in [2.75, 3.05) is 12.4 Å². The molecular formula is C23H25NO3. The number of allylic oxidation sites excluding steroid dienone is 1. The lowest BCUT2D eigenvalue weighted by Crippen LogP contribution is -2.08. The maximum Gasteiger partial charge on any atom is 0.248 e. The Kier molecular flexibility index (Phi) is 5.36. The number of furan rings is 1. The minimum atomic E-state index is -0.168. The maximum absolute atomic E-state index is 12.4. The van der Waals surface area contributed by atoms with Crippen molar-refractivity contribution in [1.82, 2.24) is 0 Å². The van der Waals surface area contributed by atoms with Gasteiger partial charge in [0, 0.05) is 28.8 Å². The molecule has 0 bridgehead atoms. The molecule has 4 heteroatoms. The molecule has 0 atom stereocenters. The van der Waals surface area contributed by atoms with Crippen LogP contribution in [0.25, 0.3) is 16.5 Å². The highest BCUT2D eigenvalue weighted by Gasteiger charge is 2.14. The van der Waals surface area contributed by atoms with E-state index in [0.717, 1.165) is 45.5 Å². The smallest absolute Gasteiger partial charge is 0.248 e. The average molecular weight is 363 g/mol. The normalized spacial score (nSPS) is 11.7. The first-order valence-electron chi connectivity index (χ1n) is 9.09. The van der Waals surface area contributed by atoms with Crippen LogP contribution in [-0.2, 0) is 11.2 Å². The third-order valence-electron chi connectivity index (χ3n) is 4.90. The second-order valence-corrected chi connectivity index (χ2v) is 6.70. The predicted octanol–water partition coefficient (Wildman–Crippen LogP) is 5.66. The van der Waals surface area contributed by atoms with E-state index >= 15 is 0 Å². The van der Waals surface area contributed by atoms with E-state index in [1.807, 2.05) is 57.2 Å². The zero-order valence-corrected chi connectivity index (χ0v) is 16.5. The number of nitrogens with one attached hydrogen (secondary N) is 1. The number of rotatable bonds is 5. The van der Waals surface area contributed by atoms with Crippen LogP contribution in [0.2, 0.25) is 0 Å². The zero-order chi connectivity index (χ0) is 19.6. The Bertz CT molecular complexity index is 1010. The highest BCUT2D eigenvalue weighted by molar-refractivity contribution is 6.04.